The fourth-order valence-corrected chi connectivity index (χ4v) is 1.60. The molecule has 15 heavy (non-hydrogen) atoms. The Bertz CT molecular complexity index is 274. The molecule has 0 aromatic rings. The van der Waals surface area contributed by atoms with E-state index >= 15 is 0 Å². The molecule has 0 spiro atoms. The van der Waals surface area contributed by atoms with E-state index in [0.717, 1.165) is 0 Å². The molecule has 4 heteroatoms. The molecule has 0 aromatic heterocycles. The molecular formula is C11H16O4. The second kappa shape index (κ2) is 4.06. The number of ether oxygens (including phenoxy) is 2. The van der Waals surface area contributed by atoms with Gasteiger partial charge in [-0.05, 0) is 6.92 Å². The standard InChI is InChI=1S/C11H16O4/c1-3-7(13)11-9(15-11)5-4-8-10(14-8)6(2)12/h3-13H,1H2,2H3/b5-4+/t6-,7-,8?,9+,10+,11?/m1/s1. The first-order chi connectivity index (χ1) is 7.13. The maximum absolute atomic E-state index is 9.34. The van der Waals surface area contributed by atoms with Crippen molar-refractivity contribution in [3.8, 4) is 0 Å². The topological polar surface area (TPSA) is 65.5 Å². The fraction of sp³-hybridized carbons (Fsp3) is 0.636. The van der Waals surface area contributed by atoms with Gasteiger partial charge in [-0.15, -0.1) is 6.58 Å². The summed E-state index contributed by atoms with van der Waals surface area (Å²) in [5.41, 5.74) is 0. The second-order valence-electron chi connectivity index (χ2n) is 3.98. The Morgan fingerprint density at radius 1 is 1.13 bits per heavy atom. The van der Waals surface area contributed by atoms with Gasteiger partial charge in [-0.25, -0.2) is 0 Å². The lowest BCUT2D eigenvalue weighted by Gasteiger charge is -1.96. The summed E-state index contributed by atoms with van der Waals surface area (Å²) in [6.45, 7) is 5.19. The van der Waals surface area contributed by atoms with Crippen LogP contribution in [0.2, 0.25) is 0 Å². The van der Waals surface area contributed by atoms with Crippen LogP contribution in [-0.2, 0) is 9.47 Å². The van der Waals surface area contributed by atoms with Crippen molar-refractivity contribution in [2.45, 2.75) is 43.5 Å². The molecule has 2 aliphatic heterocycles. The van der Waals surface area contributed by atoms with Crippen molar-refractivity contribution in [3.05, 3.63) is 24.8 Å². The van der Waals surface area contributed by atoms with Crippen molar-refractivity contribution in [2.24, 2.45) is 0 Å². The highest BCUT2D eigenvalue weighted by atomic mass is 16.6. The van der Waals surface area contributed by atoms with Gasteiger partial charge in [-0.1, -0.05) is 18.2 Å². The van der Waals surface area contributed by atoms with E-state index in [4.69, 9.17) is 9.47 Å². The zero-order valence-corrected chi connectivity index (χ0v) is 8.61. The molecule has 2 aliphatic rings. The van der Waals surface area contributed by atoms with Crippen molar-refractivity contribution in [3.63, 3.8) is 0 Å². The lowest BCUT2D eigenvalue weighted by Crippen LogP contribution is -2.12. The van der Waals surface area contributed by atoms with Gasteiger partial charge < -0.3 is 19.7 Å². The Morgan fingerprint density at radius 3 is 2.13 bits per heavy atom. The van der Waals surface area contributed by atoms with Gasteiger partial charge >= 0.3 is 0 Å². The van der Waals surface area contributed by atoms with Crippen molar-refractivity contribution >= 4 is 0 Å². The van der Waals surface area contributed by atoms with Crippen LogP contribution in [0.5, 0.6) is 0 Å². The first-order valence-electron chi connectivity index (χ1n) is 5.11. The monoisotopic (exact) mass is 212 g/mol. The van der Waals surface area contributed by atoms with E-state index in [1.165, 1.54) is 6.08 Å². The summed E-state index contributed by atoms with van der Waals surface area (Å²) < 4.78 is 10.4. The molecule has 6 atom stereocenters. The van der Waals surface area contributed by atoms with E-state index in [-0.39, 0.29) is 24.4 Å². The molecule has 4 nitrogen and oxygen atoms in total. The molecule has 2 rings (SSSR count). The highest BCUT2D eigenvalue weighted by molar-refractivity contribution is 5.13. The molecule has 2 fully saturated rings. The molecule has 0 radical (unpaired) electrons. The number of hydrogen-bond acceptors (Lipinski definition) is 4. The SMILES string of the molecule is C=C[C@@H](O)C1O[C@H]1/C=C/C1O[C@H]1[C@@H](C)O. The van der Waals surface area contributed by atoms with E-state index < -0.39 is 12.2 Å². The van der Waals surface area contributed by atoms with Gasteiger partial charge in [0.1, 0.15) is 30.5 Å². The Morgan fingerprint density at radius 2 is 1.67 bits per heavy atom. The maximum Gasteiger partial charge on any atom is 0.118 e. The van der Waals surface area contributed by atoms with Gasteiger partial charge in [-0.2, -0.15) is 0 Å². The van der Waals surface area contributed by atoms with Gasteiger partial charge in [0.25, 0.3) is 0 Å². The van der Waals surface area contributed by atoms with Crippen LogP contribution in [0, 0.1) is 0 Å². The van der Waals surface area contributed by atoms with Gasteiger partial charge in [0, 0.05) is 0 Å². The average Bonchev–Trinajstić information content (AvgIpc) is 3.06. The van der Waals surface area contributed by atoms with Crippen LogP contribution in [-0.4, -0.2) is 46.8 Å². The first kappa shape index (κ1) is 10.8. The van der Waals surface area contributed by atoms with E-state index in [0.29, 0.717) is 0 Å². The minimum absolute atomic E-state index is 0.00396. The molecule has 0 saturated carbocycles. The first-order valence-corrected chi connectivity index (χ1v) is 5.11. The lowest BCUT2D eigenvalue weighted by molar-refractivity contribution is 0.152. The second-order valence-corrected chi connectivity index (χ2v) is 3.98. The highest BCUT2D eigenvalue weighted by Crippen LogP contribution is 2.31. The molecule has 0 amide bonds. The number of aliphatic hydroxyl groups excluding tert-OH is 2. The highest BCUT2D eigenvalue weighted by Gasteiger charge is 2.44. The summed E-state index contributed by atoms with van der Waals surface area (Å²) >= 11 is 0. The van der Waals surface area contributed by atoms with Crippen molar-refractivity contribution in [1.82, 2.24) is 0 Å². The van der Waals surface area contributed by atoms with Crippen molar-refractivity contribution < 1.29 is 19.7 Å². The van der Waals surface area contributed by atoms with Crippen LogP contribution in [0.4, 0.5) is 0 Å². The molecule has 0 aliphatic carbocycles. The summed E-state index contributed by atoms with van der Waals surface area (Å²) in [6.07, 6.45) is 3.87. The molecule has 2 N–H and O–H groups in total. The third-order valence-electron chi connectivity index (χ3n) is 2.67. The van der Waals surface area contributed by atoms with Crippen LogP contribution in [0.1, 0.15) is 6.92 Å². The smallest absolute Gasteiger partial charge is 0.118 e. The normalized spacial score (nSPS) is 42.6. The summed E-state index contributed by atoms with van der Waals surface area (Å²) in [5.74, 6) is 0. The zero-order valence-electron chi connectivity index (χ0n) is 8.61. The number of epoxide rings is 2. The number of rotatable bonds is 5. The summed E-state index contributed by atoms with van der Waals surface area (Å²) in [7, 11) is 0. The summed E-state index contributed by atoms with van der Waals surface area (Å²) in [6, 6.07) is 0. The quantitative estimate of drug-likeness (QED) is 0.497. The Labute approximate surface area is 88.8 Å². The third kappa shape index (κ3) is 2.46. The molecule has 2 saturated heterocycles. The van der Waals surface area contributed by atoms with Gasteiger partial charge in [0.2, 0.25) is 0 Å². The molecule has 0 bridgehead atoms. The molecule has 0 aromatic carbocycles. The Balaban J connectivity index is 1.72. The largest absolute Gasteiger partial charge is 0.391 e. The van der Waals surface area contributed by atoms with E-state index in [9.17, 15) is 10.2 Å². The van der Waals surface area contributed by atoms with Crippen LogP contribution in [0.25, 0.3) is 0 Å². The zero-order chi connectivity index (χ0) is 11.0. The van der Waals surface area contributed by atoms with Crippen molar-refractivity contribution in [1.29, 1.82) is 0 Å². The lowest BCUT2D eigenvalue weighted by atomic mass is 10.1. The Hall–Kier alpha value is -0.680. The number of aliphatic hydroxyl groups is 2. The third-order valence-corrected chi connectivity index (χ3v) is 2.67. The van der Waals surface area contributed by atoms with Crippen LogP contribution in [0.3, 0.4) is 0 Å². The molecular weight excluding hydrogens is 196 g/mol. The molecule has 84 valence electrons. The Kier molecular flexibility index (Phi) is 2.93. The molecule has 2 heterocycles. The minimum Gasteiger partial charge on any atom is -0.391 e. The molecule has 2 unspecified atom stereocenters. The number of hydrogen-bond donors (Lipinski definition) is 2. The predicted molar refractivity (Wildman–Crippen MR) is 54.3 cm³/mol. The maximum atomic E-state index is 9.34. The van der Waals surface area contributed by atoms with Gasteiger partial charge in [0.15, 0.2) is 0 Å². The van der Waals surface area contributed by atoms with Crippen LogP contribution in [0.15, 0.2) is 24.8 Å². The average molecular weight is 212 g/mol. The van der Waals surface area contributed by atoms with Crippen molar-refractivity contribution in [2.75, 3.05) is 0 Å². The predicted octanol–water partition coefficient (Wildman–Crippen LogP) is 0.00510. The van der Waals surface area contributed by atoms with E-state index in [1.807, 2.05) is 12.2 Å². The van der Waals surface area contributed by atoms with E-state index in [2.05, 4.69) is 6.58 Å². The van der Waals surface area contributed by atoms with Gasteiger partial charge in [0.05, 0.1) is 6.10 Å². The fourth-order valence-electron chi connectivity index (χ4n) is 1.60. The minimum atomic E-state index is -0.604. The van der Waals surface area contributed by atoms with E-state index in [1.54, 1.807) is 6.92 Å². The van der Waals surface area contributed by atoms with Crippen LogP contribution >= 0.6 is 0 Å². The summed E-state index contributed by atoms with van der Waals surface area (Å²) in [5, 5.41) is 18.5. The summed E-state index contributed by atoms with van der Waals surface area (Å²) in [4.78, 5) is 0. The van der Waals surface area contributed by atoms with Crippen LogP contribution < -0.4 is 0 Å². The van der Waals surface area contributed by atoms with Gasteiger partial charge in [-0.3, -0.25) is 0 Å².